The van der Waals surface area contributed by atoms with E-state index in [1.54, 1.807) is 13.0 Å². The van der Waals surface area contributed by atoms with Crippen LogP contribution in [-0.4, -0.2) is 11.1 Å². The highest BCUT2D eigenvalue weighted by Gasteiger charge is 2.08. The summed E-state index contributed by atoms with van der Waals surface area (Å²) in [5, 5.41) is 6.44. The molecule has 0 radical (unpaired) electrons. The van der Waals surface area contributed by atoms with Crippen LogP contribution in [0.3, 0.4) is 0 Å². The van der Waals surface area contributed by atoms with Crippen molar-refractivity contribution in [1.82, 2.24) is 5.16 Å². The van der Waals surface area contributed by atoms with E-state index in [1.165, 1.54) is 5.56 Å². The van der Waals surface area contributed by atoms with E-state index in [2.05, 4.69) is 16.5 Å². The number of nitrogens with one attached hydrogen (secondary N) is 1. The lowest BCUT2D eigenvalue weighted by atomic mass is 10.0. The number of hydrogen-bond acceptors (Lipinski definition) is 3. The monoisotopic (exact) mass is 244 g/mol. The van der Waals surface area contributed by atoms with Crippen molar-refractivity contribution in [3.63, 3.8) is 0 Å². The van der Waals surface area contributed by atoms with Crippen LogP contribution < -0.4 is 5.32 Å². The highest BCUT2D eigenvalue weighted by Crippen LogP contribution is 2.13. The number of rotatable bonds is 3. The van der Waals surface area contributed by atoms with Crippen molar-refractivity contribution in [2.45, 2.75) is 27.2 Å². The molecule has 0 bridgehead atoms. The van der Waals surface area contributed by atoms with Gasteiger partial charge < -0.3 is 9.84 Å². The van der Waals surface area contributed by atoms with Crippen LogP contribution >= 0.6 is 0 Å². The first kappa shape index (κ1) is 12.4. The molecule has 0 atom stereocenters. The molecule has 0 saturated heterocycles. The van der Waals surface area contributed by atoms with E-state index < -0.39 is 0 Å². The first-order valence-electron chi connectivity index (χ1n) is 5.84. The lowest BCUT2D eigenvalue weighted by molar-refractivity contribution is -0.115. The van der Waals surface area contributed by atoms with Crippen molar-refractivity contribution >= 4 is 11.7 Å². The molecule has 0 aliphatic carbocycles. The molecule has 0 spiro atoms. The largest absolute Gasteiger partial charge is 0.360 e. The molecule has 0 fully saturated rings. The minimum atomic E-state index is -0.0877. The van der Waals surface area contributed by atoms with Gasteiger partial charge in [-0.2, -0.15) is 0 Å². The Morgan fingerprint density at radius 1 is 1.28 bits per heavy atom. The average molecular weight is 244 g/mol. The lowest BCUT2D eigenvalue weighted by Crippen LogP contribution is -2.15. The van der Waals surface area contributed by atoms with Crippen LogP contribution in [0.5, 0.6) is 0 Å². The molecule has 1 amide bonds. The summed E-state index contributed by atoms with van der Waals surface area (Å²) >= 11 is 0. The third-order valence-electron chi connectivity index (χ3n) is 2.74. The Bertz CT molecular complexity index is 573. The molecular formula is C14H16N2O2. The third kappa shape index (κ3) is 2.97. The predicted molar refractivity (Wildman–Crippen MR) is 69.5 cm³/mol. The molecule has 4 heteroatoms. The quantitative estimate of drug-likeness (QED) is 0.903. The van der Waals surface area contributed by atoms with E-state index in [1.807, 2.05) is 26.0 Å². The molecule has 4 nitrogen and oxygen atoms in total. The molecule has 1 heterocycles. The van der Waals surface area contributed by atoms with Gasteiger partial charge in [-0.05, 0) is 31.9 Å². The van der Waals surface area contributed by atoms with Gasteiger partial charge in [0.25, 0.3) is 0 Å². The highest BCUT2D eigenvalue weighted by molar-refractivity contribution is 5.91. The number of carbonyl (C=O) groups is 1. The third-order valence-corrected chi connectivity index (χ3v) is 2.74. The zero-order valence-corrected chi connectivity index (χ0v) is 10.8. The standard InChI is InChI=1S/C14H16N2O2/c1-9-4-5-12(10(2)6-9)8-14(17)15-13-7-11(3)18-16-13/h4-7H,8H2,1-3H3,(H,15,16,17). The highest BCUT2D eigenvalue weighted by atomic mass is 16.5. The van der Waals surface area contributed by atoms with Gasteiger partial charge >= 0.3 is 0 Å². The maximum atomic E-state index is 11.8. The number of hydrogen-bond donors (Lipinski definition) is 1. The molecule has 0 unspecified atom stereocenters. The van der Waals surface area contributed by atoms with Gasteiger partial charge in [-0.25, -0.2) is 0 Å². The molecule has 2 rings (SSSR count). The summed E-state index contributed by atoms with van der Waals surface area (Å²) in [7, 11) is 0. The first-order valence-corrected chi connectivity index (χ1v) is 5.84. The fourth-order valence-electron chi connectivity index (χ4n) is 1.83. The van der Waals surface area contributed by atoms with Gasteiger partial charge in [-0.15, -0.1) is 0 Å². The summed E-state index contributed by atoms with van der Waals surface area (Å²) in [5.41, 5.74) is 3.35. The number of nitrogens with zero attached hydrogens (tertiary/aromatic N) is 1. The van der Waals surface area contributed by atoms with Crippen LogP contribution in [0.2, 0.25) is 0 Å². The second-order valence-corrected chi connectivity index (χ2v) is 4.48. The van der Waals surface area contributed by atoms with Crippen LogP contribution in [0.15, 0.2) is 28.8 Å². The van der Waals surface area contributed by atoms with Crippen molar-refractivity contribution in [2.24, 2.45) is 0 Å². The van der Waals surface area contributed by atoms with Crippen LogP contribution in [-0.2, 0) is 11.2 Å². The Morgan fingerprint density at radius 3 is 2.67 bits per heavy atom. The molecule has 0 aliphatic rings. The molecule has 1 aromatic heterocycles. The van der Waals surface area contributed by atoms with Crippen LogP contribution in [0.4, 0.5) is 5.82 Å². The Balaban J connectivity index is 2.03. The van der Waals surface area contributed by atoms with E-state index >= 15 is 0 Å². The van der Waals surface area contributed by atoms with E-state index in [9.17, 15) is 4.79 Å². The number of benzene rings is 1. The zero-order valence-electron chi connectivity index (χ0n) is 10.8. The van der Waals surface area contributed by atoms with Gasteiger partial charge in [0, 0.05) is 6.07 Å². The van der Waals surface area contributed by atoms with Crippen molar-refractivity contribution in [3.8, 4) is 0 Å². The van der Waals surface area contributed by atoms with Gasteiger partial charge in [-0.3, -0.25) is 4.79 Å². The maximum absolute atomic E-state index is 11.8. The Labute approximate surface area is 106 Å². The van der Waals surface area contributed by atoms with Crippen LogP contribution in [0, 0.1) is 20.8 Å². The second-order valence-electron chi connectivity index (χ2n) is 4.48. The Kier molecular flexibility index (Phi) is 3.46. The number of aryl methyl sites for hydroxylation is 3. The molecule has 2 aromatic rings. The van der Waals surface area contributed by atoms with Crippen LogP contribution in [0.1, 0.15) is 22.5 Å². The van der Waals surface area contributed by atoms with E-state index in [0.29, 0.717) is 18.0 Å². The SMILES string of the molecule is Cc1ccc(CC(=O)Nc2cc(C)on2)c(C)c1. The van der Waals surface area contributed by atoms with Crippen molar-refractivity contribution in [3.05, 3.63) is 46.7 Å². The van der Waals surface area contributed by atoms with Gasteiger partial charge in [0.05, 0.1) is 6.42 Å². The summed E-state index contributed by atoms with van der Waals surface area (Å²) in [4.78, 5) is 11.8. The van der Waals surface area contributed by atoms with E-state index in [0.717, 1.165) is 11.1 Å². The minimum absolute atomic E-state index is 0.0877. The molecular weight excluding hydrogens is 228 g/mol. The van der Waals surface area contributed by atoms with Gasteiger partial charge in [0.1, 0.15) is 5.76 Å². The summed E-state index contributed by atoms with van der Waals surface area (Å²) in [5.74, 6) is 1.05. The number of anilines is 1. The van der Waals surface area contributed by atoms with Gasteiger partial charge in [0.15, 0.2) is 5.82 Å². The van der Waals surface area contributed by atoms with Gasteiger partial charge in [-0.1, -0.05) is 28.9 Å². The average Bonchev–Trinajstić information content (AvgIpc) is 2.68. The van der Waals surface area contributed by atoms with Crippen LogP contribution in [0.25, 0.3) is 0 Å². The fraction of sp³-hybridized carbons (Fsp3) is 0.286. The number of carbonyl (C=O) groups excluding carboxylic acids is 1. The summed E-state index contributed by atoms with van der Waals surface area (Å²) in [6.07, 6.45) is 0.345. The minimum Gasteiger partial charge on any atom is -0.360 e. The van der Waals surface area contributed by atoms with Crippen molar-refractivity contribution < 1.29 is 9.32 Å². The van der Waals surface area contributed by atoms with Crippen molar-refractivity contribution in [2.75, 3.05) is 5.32 Å². The molecule has 18 heavy (non-hydrogen) atoms. The van der Waals surface area contributed by atoms with E-state index in [-0.39, 0.29) is 5.91 Å². The molecule has 1 N–H and O–H groups in total. The second kappa shape index (κ2) is 5.04. The smallest absolute Gasteiger partial charge is 0.230 e. The lowest BCUT2D eigenvalue weighted by Gasteiger charge is -2.06. The zero-order chi connectivity index (χ0) is 13.1. The topological polar surface area (TPSA) is 55.1 Å². The van der Waals surface area contributed by atoms with E-state index in [4.69, 9.17) is 4.52 Å². The molecule has 0 aliphatic heterocycles. The molecule has 1 aromatic carbocycles. The Hall–Kier alpha value is -2.10. The number of amides is 1. The number of aromatic nitrogens is 1. The maximum Gasteiger partial charge on any atom is 0.230 e. The Morgan fingerprint density at radius 2 is 2.06 bits per heavy atom. The summed E-state index contributed by atoms with van der Waals surface area (Å²) in [6, 6.07) is 7.76. The summed E-state index contributed by atoms with van der Waals surface area (Å²) < 4.78 is 4.89. The van der Waals surface area contributed by atoms with Crippen molar-refractivity contribution in [1.29, 1.82) is 0 Å². The normalized spacial score (nSPS) is 10.4. The van der Waals surface area contributed by atoms with Gasteiger partial charge in [0.2, 0.25) is 5.91 Å². The first-order chi connectivity index (χ1) is 8.54. The predicted octanol–water partition coefficient (Wildman–Crippen LogP) is 2.78. The molecule has 0 saturated carbocycles. The molecule has 94 valence electrons. The summed E-state index contributed by atoms with van der Waals surface area (Å²) in [6.45, 7) is 5.83. The fourth-order valence-corrected chi connectivity index (χ4v) is 1.83.